The summed E-state index contributed by atoms with van der Waals surface area (Å²) in [4.78, 5) is 25.1. The fourth-order valence-electron chi connectivity index (χ4n) is 4.16. The normalized spacial score (nSPS) is 14.1. The van der Waals surface area contributed by atoms with Gasteiger partial charge in [0.2, 0.25) is 5.78 Å². The number of para-hydroxylation sites is 2. The van der Waals surface area contributed by atoms with Crippen molar-refractivity contribution in [1.29, 1.82) is 5.26 Å². The van der Waals surface area contributed by atoms with E-state index in [4.69, 9.17) is 28.9 Å². The molecule has 1 aliphatic rings. The number of nitrogens with zero attached hydrogens (tertiary/aromatic N) is 2. The molecule has 1 aliphatic heterocycles. The van der Waals surface area contributed by atoms with Crippen molar-refractivity contribution in [2.45, 2.75) is 26.5 Å². The second kappa shape index (κ2) is 12.0. The summed E-state index contributed by atoms with van der Waals surface area (Å²) >= 11 is 0. The Morgan fingerprint density at radius 3 is 2.68 bits per heavy atom. The second-order valence-corrected chi connectivity index (χ2v) is 8.61. The second-order valence-electron chi connectivity index (χ2n) is 8.61. The topological polar surface area (TPSA) is 109 Å². The number of ketones is 1. The predicted octanol–water partition coefficient (Wildman–Crippen LogP) is 4.30. The fourth-order valence-corrected chi connectivity index (χ4v) is 4.16. The summed E-state index contributed by atoms with van der Waals surface area (Å²) in [6.45, 7) is 4.21. The third-order valence-corrected chi connectivity index (χ3v) is 6.07. The lowest BCUT2D eigenvalue weighted by Gasteiger charge is -2.27. The number of carbonyl (C=O) groups is 2. The number of Topliss-reactive ketones (excluding diaryl/α,β-unsaturated/α-hetero) is 1. The summed E-state index contributed by atoms with van der Waals surface area (Å²) in [6.07, 6.45) is 2.57. The summed E-state index contributed by atoms with van der Waals surface area (Å²) < 4.78 is 29.6. The third kappa shape index (κ3) is 6.16. The highest BCUT2D eigenvalue weighted by atomic mass is 16.6. The molecular weight excluding hydrogens is 488 g/mol. The van der Waals surface area contributed by atoms with Gasteiger partial charge in [0.15, 0.2) is 42.3 Å². The Balaban J connectivity index is 1.34. The largest absolute Gasteiger partial charge is 0.493 e. The predicted molar refractivity (Wildman–Crippen MR) is 139 cm³/mol. The first kappa shape index (κ1) is 26.4. The fraction of sp³-hybridized carbons (Fsp3) is 0.276. The Morgan fingerprint density at radius 2 is 1.92 bits per heavy atom. The number of benzene rings is 2. The molecule has 0 bridgehead atoms. The first-order chi connectivity index (χ1) is 18.4. The average molecular weight is 517 g/mol. The summed E-state index contributed by atoms with van der Waals surface area (Å²) in [5, 5.41) is 8.67. The van der Waals surface area contributed by atoms with E-state index in [1.807, 2.05) is 48.7 Å². The molecule has 0 N–H and O–H groups in total. The zero-order valence-corrected chi connectivity index (χ0v) is 21.4. The van der Waals surface area contributed by atoms with Crippen molar-refractivity contribution >= 4 is 17.8 Å². The zero-order valence-electron chi connectivity index (χ0n) is 21.4. The van der Waals surface area contributed by atoms with Gasteiger partial charge in [0.05, 0.1) is 13.7 Å². The molecule has 0 amide bonds. The van der Waals surface area contributed by atoms with Gasteiger partial charge < -0.3 is 28.3 Å². The number of esters is 1. The van der Waals surface area contributed by atoms with E-state index in [1.165, 1.54) is 13.2 Å². The van der Waals surface area contributed by atoms with Crippen molar-refractivity contribution in [2.24, 2.45) is 0 Å². The molecule has 2 heterocycles. The van der Waals surface area contributed by atoms with Gasteiger partial charge in [0.1, 0.15) is 12.7 Å². The minimum absolute atomic E-state index is 0.106. The van der Waals surface area contributed by atoms with E-state index in [-0.39, 0.29) is 25.1 Å². The van der Waals surface area contributed by atoms with Crippen molar-refractivity contribution < 1.29 is 33.3 Å². The molecule has 0 radical (unpaired) electrons. The smallest absolute Gasteiger partial charge is 0.331 e. The number of carbonyl (C=O) groups excluding carboxylic acids is 2. The van der Waals surface area contributed by atoms with Gasteiger partial charge in [-0.15, -0.1) is 0 Å². The summed E-state index contributed by atoms with van der Waals surface area (Å²) in [5.74, 6) is 1.32. The van der Waals surface area contributed by atoms with Gasteiger partial charge in [0, 0.05) is 23.0 Å². The SMILES string of the molecule is COc1cc(C=CC(=O)OCC(=O)c2cc(C)n(CC3COc4ccccc4O3)c2C)ccc1OCC#N. The van der Waals surface area contributed by atoms with Crippen molar-refractivity contribution in [3.63, 3.8) is 0 Å². The molecule has 3 aromatic rings. The lowest BCUT2D eigenvalue weighted by molar-refractivity contribution is -0.136. The molecule has 0 spiro atoms. The van der Waals surface area contributed by atoms with Crippen LogP contribution in [-0.2, 0) is 16.1 Å². The maximum atomic E-state index is 12.8. The van der Waals surface area contributed by atoms with Gasteiger partial charge in [-0.2, -0.15) is 5.26 Å². The molecular formula is C29H28N2O7. The molecule has 1 unspecified atom stereocenters. The van der Waals surface area contributed by atoms with Crippen molar-refractivity contribution in [3.05, 3.63) is 77.1 Å². The molecule has 9 nitrogen and oxygen atoms in total. The average Bonchev–Trinajstić information content (AvgIpc) is 3.22. The van der Waals surface area contributed by atoms with E-state index >= 15 is 0 Å². The van der Waals surface area contributed by atoms with Crippen LogP contribution in [-0.4, -0.2) is 49.4 Å². The monoisotopic (exact) mass is 516 g/mol. The van der Waals surface area contributed by atoms with Crippen molar-refractivity contribution in [3.8, 4) is 29.1 Å². The maximum absolute atomic E-state index is 12.8. The lowest BCUT2D eigenvalue weighted by Crippen LogP contribution is -2.33. The third-order valence-electron chi connectivity index (χ3n) is 6.07. The number of rotatable bonds is 10. The van der Waals surface area contributed by atoms with Crippen LogP contribution in [0.2, 0.25) is 0 Å². The standard InChI is InChI=1S/C29H28N2O7/c1-19-14-23(20(2)31(19)16-22-17-36-25-6-4-5-7-27(25)38-22)24(32)18-37-29(33)11-9-21-8-10-26(35-13-12-30)28(15-21)34-3/h4-11,14-15,22H,13,16-18H2,1-3H3. The number of nitriles is 1. The van der Waals surface area contributed by atoms with E-state index in [0.29, 0.717) is 41.5 Å². The van der Waals surface area contributed by atoms with Gasteiger partial charge in [0.25, 0.3) is 0 Å². The number of hydrogen-bond donors (Lipinski definition) is 0. The van der Waals surface area contributed by atoms with Crippen LogP contribution in [0, 0.1) is 25.2 Å². The zero-order chi connectivity index (χ0) is 27.1. The molecule has 9 heteroatoms. The molecule has 0 saturated heterocycles. The van der Waals surface area contributed by atoms with E-state index in [1.54, 1.807) is 30.3 Å². The Bertz CT molecular complexity index is 1400. The molecule has 1 aromatic heterocycles. The molecule has 0 fully saturated rings. The van der Waals surface area contributed by atoms with Gasteiger partial charge in [-0.05, 0) is 55.8 Å². The summed E-state index contributed by atoms with van der Waals surface area (Å²) in [5.41, 5.74) is 2.83. The summed E-state index contributed by atoms with van der Waals surface area (Å²) in [6, 6.07) is 16.2. The Kier molecular flexibility index (Phi) is 8.34. The molecule has 0 aliphatic carbocycles. The van der Waals surface area contributed by atoms with Crippen molar-refractivity contribution in [2.75, 3.05) is 26.9 Å². The van der Waals surface area contributed by atoms with Crippen LogP contribution in [0.1, 0.15) is 27.3 Å². The number of hydrogen-bond acceptors (Lipinski definition) is 8. The molecule has 0 saturated carbocycles. The number of aromatic nitrogens is 1. The first-order valence-corrected chi connectivity index (χ1v) is 12.0. The summed E-state index contributed by atoms with van der Waals surface area (Å²) in [7, 11) is 1.48. The van der Waals surface area contributed by atoms with Crippen LogP contribution in [0.15, 0.2) is 54.6 Å². The van der Waals surface area contributed by atoms with E-state index in [9.17, 15) is 9.59 Å². The Hall–Kier alpha value is -4.71. The van der Waals surface area contributed by atoms with Crippen LogP contribution in [0.3, 0.4) is 0 Å². The van der Waals surface area contributed by atoms with Crippen LogP contribution in [0.5, 0.6) is 23.0 Å². The van der Waals surface area contributed by atoms with Crippen LogP contribution in [0.25, 0.3) is 6.08 Å². The maximum Gasteiger partial charge on any atom is 0.331 e. The highest BCUT2D eigenvalue weighted by molar-refractivity contribution is 6.00. The van der Waals surface area contributed by atoms with Gasteiger partial charge in [-0.1, -0.05) is 18.2 Å². The number of aryl methyl sites for hydroxylation is 1. The Morgan fingerprint density at radius 1 is 1.13 bits per heavy atom. The van der Waals surface area contributed by atoms with Crippen molar-refractivity contribution in [1.82, 2.24) is 4.57 Å². The highest BCUT2D eigenvalue weighted by Gasteiger charge is 2.24. The van der Waals surface area contributed by atoms with Crippen LogP contribution in [0.4, 0.5) is 0 Å². The highest BCUT2D eigenvalue weighted by Crippen LogP contribution is 2.32. The van der Waals surface area contributed by atoms with Gasteiger partial charge in [-0.3, -0.25) is 4.79 Å². The molecule has 196 valence electrons. The number of methoxy groups -OCH3 is 1. The minimum Gasteiger partial charge on any atom is -0.493 e. The molecule has 38 heavy (non-hydrogen) atoms. The Labute approximate surface area is 220 Å². The van der Waals surface area contributed by atoms with E-state index in [2.05, 4.69) is 0 Å². The first-order valence-electron chi connectivity index (χ1n) is 12.0. The number of fused-ring (bicyclic) bond motifs is 1. The molecule has 1 atom stereocenters. The van der Waals surface area contributed by atoms with E-state index in [0.717, 1.165) is 17.1 Å². The quantitative estimate of drug-likeness (QED) is 0.223. The van der Waals surface area contributed by atoms with Gasteiger partial charge in [-0.25, -0.2) is 4.79 Å². The molecule has 2 aromatic carbocycles. The molecule has 4 rings (SSSR count). The lowest BCUT2D eigenvalue weighted by atomic mass is 10.1. The number of ether oxygens (including phenoxy) is 5. The van der Waals surface area contributed by atoms with Crippen LogP contribution < -0.4 is 18.9 Å². The minimum atomic E-state index is -0.651. The van der Waals surface area contributed by atoms with Crippen LogP contribution >= 0.6 is 0 Å². The van der Waals surface area contributed by atoms with E-state index < -0.39 is 5.97 Å². The van der Waals surface area contributed by atoms with Gasteiger partial charge >= 0.3 is 5.97 Å².